The summed E-state index contributed by atoms with van der Waals surface area (Å²) in [7, 11) is 0. The molecule has 8 heteroatoms. The molecule has 8 nitrogen and oxygen atoms in total. The molecule has 48 heavy (non-hydrogen) atoms. The van der Waals surface area contributed by atoms with Gasteiger partial charge in [-0.05, 0) is 58.6 Å². The van der Waals surface area contributed by atoms with Crippen LogP contribution in [0.25, 0.3) is 0 Å². The fourth-order valence-electron chi connectivity index (χ4n) is 8.87. The summed E-state index contributed by atoms with van der Waals surface area (Å²) < 4.78 is 47.6. The van der Waals surface area contributed by atoms with Crippen LogP contribution in [0.15, 0.2) is 73.3 Å². The highest BCUT2D eigenvalue weighted by atomic mass is 16.6. The Bertz CT molecular complexity index is 1420. The van der Waals surface area contributed by atoms with Gasteiger partial charge >= 0.3 is 0 Å². The maximum Gasteiger partial charge on any atom is 0.110 e. The fraction of sp³-hybridized carbons (Fsp3) is 0.650. The van der Waals surface area contributed by atoms with E-state index in [1.54, 1.807) is 6.08 Å². The molecule has 0 radical (unpaired) electrons. The second-order valence-corrected chi connectivity index (χ2v) is 16.0. The van der Waals surface area contributed by atoms with Crippen molar-refractivity contribution in [1.29, 1.82) is 0 Å². The average molecular weight is 663 g/mol. The largest absolute Gasteiger partial charge is 0.390 e. The Hall–Kier alpha value is -2.14. The zero-order valence-corrected chi connectivity index (χ0v) is 29.3. The number of fused-ring (bicyclic) bond motifs is 4. The second-order valence-electron chi connectivity index (χ2n) is 16.0. The highest BCUT2D eigenvalue weighted by Gasteiger charge is 2.64. The number of aliphatic hydroxyl groups is 1. The molecule has 7 rings (SSSR count). The summed E-state index contributed by atoms with van der Waals surface area (Å²) in [4.78, 5) is 0. The van der Waals surface area contributed by atoms with Crippen molar-refractivity contribution >= 4 is 0 Å². The van der Waals surface area contributed by atoms with Crippen molar-refractivity contribution in [1.82, 2.24) is 0 Å². The van der Waals surface area contributed by atoms with Crippen molar-refractivity contribution in [3.63, 3.8) is 0 Å². The molecule has 5 aliphatic rings. The molecule has 0 unspecified atom stereocenters. The molecule has 0 amide bonds. The molecular weight excluding hydrogens is 608 g/mol. The highest BCUT2D eigenvalue weighted by Crippen LogP contribution is 2.54. The molecule has 5 saturated heterocycles. The Morgan fingerprint density at radius 2 is 1.35 bits per heavy atom. The van der Waals surface area contributed by atoms with Crippen LogP contribution >= 0.6 is 0 Å². The summed E-state index contributed by atoms with van der Waals surface area (Å²) in [6, 6.07) is 20.5. The van der Waals surface area contributed by atoms with E-state index in [0.717, 1.165) is 24.0 Å². The first-order valence-corrected chi connectivity index (χ1v) is 17.8. The van der Waals surface area contributed by atoms with Gasteiger partial charge in [0.2, 0.25) is 0 Å². The zero-order valence-electron chi connectivity index (χ0n) is 29.3. The predicted octanol–water partition coefficient (Wildman–Crippen LogP) is 6.46. The third-order valence-electron chi connectivity index (χ3n) is 12.1. The summed E-state index contributed by atoms with van der Waals surface area (Å²) >= 11 is 0. The van der Waals surface area contributed by atoms with Crippen LogP contribution < -0.4 is 0 Å². The van der Waals surface area contributed by atoms with E-state index >= 15 is 0 Å². The Kier molecular flexibility index (Phi) is 9.21. The van der Waals surface area contributed by atoms with E-state index < -0.39 is 34.1 Å². The molecule has 0 saturated carbocycles. The normalized spacial score (nSPS) is 45.5. The van der Waals surface area contributed by atoms with Crippen LogP contribution in [0.3, 0.4) is 0 Å². The summed E-state index contributed by atoms with van der Waals surface area (Å²) in [5.74, 6) is 0. The van der Waals surface area contributed by atoms with Crippen molar-refractivity contribution in [2.24, 2.45) is 0 Å². The van der Waals surface area contributed by atoms with Gasteiger partial charge in [-0.15, -0.1) is 6.58 Å². The summed E-state index contributed by atoms with van der Waals surface area (Å²) in [5.41, 5.74) is -0.864. The van der Waals surface area contributed by atoms with E-state index in [4.69, 9.17) is 33.2 Å². The van der Waals surface area contributed by atoms with E-state index in [0.29, 0.717) is 45.5 Å². The standard InChI is InChI=1S/C40H54O8/c1-7-36(2)31(41)20-34-40(6,47-36)23-35-37(3,46-34)18-19-38(4)32(45-35)21-33-39(5,48-38)22-29(43-25-28-16-12-9-13-17-28)30(44-33)26-42-24-27-14-10-8-11-15-27/h7-17,29-35,41H,1,18-26H2,2-6H3/t29-,30+,31+,32+,33-,34-,35-,36-,37+,38-,39+,40+/m0/s1. The predicted molar refractivity (Wildman–Crippen MR) is 181 cm³/mol. The average Bonchev–Trinajstić information content (AvgIpc) is 3.16. The van der Waals surface area contributed by atoms with E-state index in [9.17, 15) is 5.11 Å². The van der Waals surface area contributed by atoms with Crippen LogP contribution in [0.5, 0.6) is 0 Å². The molecule has 5 fully saturated rings. The van der Waals surface area contributed by atoms with E-state index in [-0.39, 0.29) is 36.6 Å². The molecule has 262 valence electrons. The number of rotatable bonds is 8. The minimum absolute atomic E-state index is 0.195. The zero-order chi connectivity index (χ0) is 33.8. The van der Waals surface area contributed by atoms with Crippen LogP contribution in [0.2, 0.25) is 0 Å². The SMILES string of the molecule is C=C[C@]1(C)O[C@]2(C)C[C@@H]3O[C@@H]4C[C@@H]5O[C@H](COCc6ccccc6)[C@@H](OCc6ccccc6)C[C@@]5(C)O[C@@]4(C)CC[C@@]3(C)O[C@H]2C[C@H]1O. The van der Waals surface area contributed by atoms with Crippen molar-refractivity contribution in [2.75, 3.05) is 6.61 Å². The van der Waals surface area contributed by atoms with Crippen LogP contribution in [0, 0.1) is 0 Å². The molecule has 2 aromatic carbocycles. The maximum atomic E-state index is 11.0. The molecular formula is C40H54O8. The van der Waals surface area contributed by atoms with Gasteiger partial charge in [0.15, 0.2) is 0 Å². The first-order valence-electron chi connectivity index (χ1n) is 17.8. The van der Waals surface area contributed by atoms with Gasteiger partial charge in [-0.2, -0.15) is 0 Å². The Morgan fingerprint density at radius 1 is 0.729 bits per heavy atom. The number of aliphatic hydroxyl groups excluding tert-OH is 1. The molecule has 12 atom stereocenters. The van der Waals surface area contributed by atoms with Gasteiger partial charge in [-0.1, -0.05) is 66.7 Å². The van der Waals surface area contributed by atoms with Gasteiger partial charge in [0.1, 0.15) is 11.7 Å². The summed E-state index contributed by atoms with van der Waals surface area (Å²) in [5, 5.41) is 11.0. The van der Waals surface area contributed by atoms with Crippen molar-refractivity contribution in [3.8, 4) is 0 Å². The quantitative estimate of drug-likeness (QED) is 0.323. The van der Waals surface area contributed by atoms with Crippen molar-refractivity contribution < 1.29 is 38.3 Å². The van der Waals surface area contributed by atoms with Crippen molar-refractivity contribution in [3.05, 3.63) is 84.4 Å². The van der Waals surface area contributed by atoms with E-state index in [2.05, 4.69) is 58.5 Å². The van der Waals surface area contributed by atoms with E-state index in [1.165, 1.54) is 0 Å². The number of hydrogen-bond acceptors (Lipinski definition) is 8. The molecule has 5 heterocycles. The number of ether oxygens (including phenoxy) is 7. The lowest BCUT2D eigenvalue weighted by atomic mass is 9.73. The molecule has 0 aromatic heterocycles. The number of hydrogen-bond donors (Lipinski definition) is 1. The molecule has 1 N–H and O–H groups in total. The van der Waals surface area contributed by atoms with Gasteiger partial charge in [0, 0.05) is 25.7 Å². The van der Waals surface area contributed by atoms with Crippen LogP contribution in [-0.4, -0.2) is 82.4 Å². The second kappa shape index (κ2) is 12.9. The first-order chi connectivity index (χ1) is 22.9. The minimum Gasteiger partial charge on any atom is -0.390 e. The van der Waals surface area contributed by atoms with Gasteiger partial charge in [-0.3, -0.25) is 0 Å². The Balaban J connectivity index is 1.10. The third kappa shape index (κ3) is 6.44. The molecule has 0 bridgehead atoms. The Labute approximate surface area is 286 Å². The summed E-state index contributed by atoms with van der Waals surface area (Å²) in [6.45, 7) is 15.9. The third-order valence-corrected chi connectivity index (χ3v) is 12.1. The molecule has 0 spiro atoms. The van der Waals surface area contributed by atoms with Gasteiger partial charge < -0.3 is 38.3 Å². The lowest BCUT2D eigenvalue weighted by Gasteiger charge is -2.59. The van der Waals surface area contributed by atoms with Gasteiger partial charge in [0.25, 0.3) is 0 Å². The van der Waals surface area contributed by atoms with Gasteiger partial charge in [0.05, 0.1) is 78.8 Å². The minimum atomic E-state index is -0.843. The van der Waals surface area contributed by atoms with Crippen LogP contribution in [-0.2, 0) is 46.4 Å². The fourth-order valence-corrected chi connectivity index (χ4v) is 8.87. The van der Waals surface area contributed by atoms with Crippen LogP contribution in [0.1, 0.15) is 84.3 Å². The lowest BCUT2D eigenvalue weighted by Crippen LogP contribution is -2.69. The molecule has 5 aliphatic heterocycles. The monoisotopic (exact) mass is 662 g/mol. The molecule has 0 aliphatic carbocycles. The lowest BCUT2D eigenvalue weighted by molar-refractivity contribution is -0.347. The maximum absolute atomic E-state index is 11.0. The van der Waals surface area contributed by atoms with E-state index in [1.807, 2.05) is 43.3 Å². The Morgan fingerprint density at radius 3 is 2.04 bits per heavy atom. The van der Waals surface area contributed by atoms with Crippen LogP contribution in [0.4, 0.5) is 0 Å². The first kappa shape index (κ1) is 34.3. The molecule has 2 aromatic rings. The highest BCUT2D eigenvalue weighted by molar-refractivity contribution is 5.17. The summed E-state index contributed by atoms with van der Waals surface area (Å²) in [6.07, 6.45) is 3.81. The van der Waals surface area contributed by atoms with Crippen molar-refractivity contribution in [2.45, 2.75) is 157 Å². The smallest absolute Gasteiger partial charge is 0.110 e. The number of benzene rings is 2. The van der Waals surface area contributed by atoms with Gasteiger partial charge in [-0.25, -0.2) is 0 Å². The topological polar surface area (TPSA) is 84.8 Å².